The molecule has 0 radical (unpaired) electrons. The van der Waals surface area contributed by atoms with Gasteiger partial charge in [0, 0.05) is 23.7 Å². The summed E-state index contributed by atoms with van der Waals surface area (Å²) in [4.78, 5) is 38.0. The number of benzene rings is 6. The Hall–Kier alpha value is -6.27. The van der Waals surface area contributed by atoms with E-state index in [1.54, 1.807) is 0 Å². The smallest absolute Gasteiger partial charge is 0.459 e. The van der Waals surface area contributed by atoms with Crippen molar-refractivity contribution in [3.63, 3.8) is 0 Å². The number of rotatable bonds is 22. The molecule has 3 atom stereocenters. The van der Waals surface area contributed by atoms with Gasteiger partial charge in [-0.1, -0.05) is 276 Å². The first kappa shape index (κ1) is 88.6. The Morgan fingerprint density at radius 3 is 1.07 bits per heavy atom. The summed E-state index contributed by atoms with van der Waals surface area (Å²) >= 11 is 3.45. The first-order chi connectivity index (χ1) is 49.0. The minimum absolute atomic E-state index is 0. The molecule has 106 heavy (non-hydrogen) atoms. The fourth-order valence-electron chi connectivity index (χ4n) is 11.9. The number of carbonyl (C=O) groups is 3. The second-order valence-corrected chi connectivity index (χ2v) is 46.0. The van der Waals surface area contributed by atoms with Crippen molar-refractivity contribution in [2.75, 3.05) is 0 Å². The highest BCUT2D eigenvalue weighted by Crippen LogP contribution is 2.45. The number of halogens is 1. The van der Waals surface area contributed by atoms with Gasteiger partial charge in [0.05, 0.1) is 11.2 Å². The molecule has 0 bridgehead atoms. The minimum Gasteiger partial charge on any atom is -0.459 e. The summed E-state index contributed by atoms with van der Waals surface area (Å²) in [7, 11) is -4.40. The summed E-state index contributed by atoms with van der Waals surface area (Å²) < 4.78 is 42.7. The van der Waals surface area contributed by atoms with E-state index in [2.05, 4.69) is 208 Å². The van der Waals surface area contributed by atoms with Gasteiger partial charge in [-0.15, -0.1) is 0 Å². The van der Waals surface area contributed by atoms with Gasteiger partial charge in [-0.2, -0.15) is 0 Å². The molecule has 1 N–H and O–H groups in total. The number of aliphatic hydroxyl groups excluding tert-OH is 1. The van der Waals surface area contributed by atoms with E-state index in [9.17, 15) is 19.5 Å². The van der Waals surface area contributed by atoms with E-state index in [4.69, 9.17) is 32.4 Å². The molecule has 1 aliphatic heterocycles. The van der Waals surface area contributed by atoms with Crippen LogP contribution in [0.5, 0.6) is 0 Å². The normalized spacial score (nSPS) is 18.1. The van der Waals surface area contributed by atoms with Crippen molar-refractivity contribution >= 4 is 68.7 Å². The van der Waals surface area contributed by atoms with Gasteiger partial charge in [0.25, 0.3) is 0 Å². The number of aliphatic hydroxyl groups is 1. The summed E-state index contributed by atoms with van der Waals surface area (Å²) in [5, 5.41) is 10.2. The maximum Gasteiger partial charge on any atom is 0.490 e. The minimum atomic E-state index is -2.15. The second-order valence-electron chi connectivity index (χ2n) is 35.6. The monoisotopic (exact) mass is 1540 g/mol. The van der Waals surface area contributed by atoms with Crippen LogP contribution in [-0.4, -0.2) is 76.3 Å². The highest BCUT2D eigenvalue weighted by atomic mass is 79.9. The zero-order chi connectivity index (χ0) is 77.2. The molecule has 0 spiro atoms. The Balaban J connectivity index is 0.000000226. The van der Waals surface area contributed by atoms with Crippen molar-refractivity contribution in [3.05, 3.63) is 236 Å². The quantitative estimate of drug-likeness (QED) is 0.0395. The van der Waals surface area contributed by atoms with Crippen molar-refractivity contribution in [1.82, 2.24) is 0 Å². The lowest BCUT2D eigenvalue weighted by Gasteiger charge is -2.38. The van der Waals surface area contributed by atoms with E-state index in [-0.39, 0.29) is 74.0 Å². The SMILES string of the molecule is C.CC(C)(C)[Si](C)(C)O[C@H](Cc1ccc(Br)cc1)C(=O)OCc1ccccc1.CC1(C)CC=C(B2OC(C)(C)C(C)(C)O2)CC1.CC1(C)CC=C(c2ccc(C[C@@H](O)C(=O)OCc3ccccc3)cc2)CC1.CC1(C)CC=C(c2ccc(C[C@@H](O[Si](C)(C)C(C)(C)C)C(=O)OCc3ccccc3)cc2)CC1. The molecule has 576 valence electrons. The average molecular weight is 1540 g/mol. The van der Waals surface area contributed by atoms with Crippen LogP contribution in [0.4, 0.5) is 0 Å². The molecule has 0 unspecified atom stereocenters. The molecule has 0 aromatic heterocycles. The van der Waals surface area contributed by atoms with Crippen molar-refractivity contribution in [2.45, 2.75) is 281 Å². The van der Waals surface area contributed by atoms with Gasteiger partial charge in [-0.3, -0.25) is 0 Å². The number of hydrogen-bond donors (Lipinski definition) is 1. The molecule has 11 nitrogen and oxygen atoms in total. The van der Waals surface area contributed by atoms with Gasteiger partial charge >= 0.3 is 25.0 Å². The summed E-state index contributed by atoms with van der Waals surface area (Å²) in [6.07, 6.45) is 16.3. The predicted molar refractivity (Wildman–Crippen MR) is 447 cm³/mol. The standard InChI is InChI=1S/C30H42O3Si.C24H28O3.C22H29BrO3Si.C14H25BO2.CH4/c1-29(2,3)34(6,7)33-27(28(31)32-22-24-11-9-8-10-12-24)21-23-13-15-25(16-14-23)26-17-19-30(4,5)20-18-26;1-24(2)14-12-21(13-15-24)20-10-8-18(9-11-20)16-22(25)23(26)27-17-19-6-4-3-5-7-19;1-22(2,3)27(4,5)26-20(15-17-11-13-19(23)14-12-17)21(24)25-16-18-9-7-6-8-10-18;1-12(2)9-7-11(8-10-12)15-16-13(3,4)14(5,6)17-15;/h8-17,27H,18-22H2,1-7H3;3-12,22,25H,13-17H2,1-2H3;6-14,20H,15-16H2,1-5H3;7H,8-10H2,1-6H3;1H4/t27-;22-;20-;;/m111../s1. The highest BCUT2D eigenvalue weighted by molar-refractivity contribution is 9.10. The molecule has 3 aliphatic carbocycles. The van der Waals surface area contributed by atoms with Crippen LogP contribution < -0.4 is 0 Å². The average Bonchev–Trinajstić information content (AvgIpc) is 1.64. The Kier molecular flexibility index (Phi) is 32.1. The second kappa shape index (κ2) is 38.4. The lowest BCUT2D eigenvalue weighted by molar-refractivity contribution is -0.155. The lowest BCUT2D eigenvalue weighted by Crippen LogP contribution is -2.47. The third-order valence-electron chi connectivity index (χ3n) is 22.3. The Morgan fingerprint density at radius 1 is 0.443 bits per heavy atom. The molecule has 0 amide bonds. The Labute approximate surface area is 650 Å². The molecular weight excluding hydrogens is 1420 g/mol. The topological polar surface area (TPSA) is 136 Å². The molecule has 6 aromatic rings. The molecule has 1 fully saturated rings. The predicted octanol–water partition coefficient (Wildman–Crippen LogP) is 23.4. The summed E-state index contributed by atoms with van der Waals surface area (Å²) in [5.41, 5.74) is 13.4. The Bertz CT molecular complexity index is 3810. The molecule has 10 rings (SSSR count). The molecule has 4 aliphatic rings. The summed E-state index contributed by atoms with van der Waals surface area (Å²) in [6, 6.07) is 53.8. The van der Waals surface area contributed by atoms with Crippen molar-refractivity contribution in [3.8, 4) is 0 Å². The zero-order valence-corrected chi connectivity index (χ0v) is 70.7. The Morgan fingerprint density at radius 2 is 0.755 bits per heavy atom. The van der Waals surface area contributed by atoms with Gasteiger partial charge in [0.15, 0.2) is 22.7 Å². The summed E-state index contributed by atoms with van der Waals surface area (Å²) in [6.45, 7) is 44.9. The van der Waals surface area contributed by atoms with E-state index in [0.29, 0.717) is 29.1 Å². The lowest BCUT2D eigenvalue weighted by atomic mass is 9.67. The van der Waals surface area contributed by atoms with Gasteiger partial charge in [-0.25, -0.2) is 14.4 Å². The van der Waals surface area contributed by atoms with E-state index in [0.717, 1.165) is 76.4 Å². The first-order valence-electron chi connectivity index (χ1n) is 38.0. The van der Waals surface area contributed by atoms with Gasteiger partial charge < -0.3 is 37.5 Å². The van der Waals surface area contributed by atoms with Crippen LogP contribution in [0.25, 0.3) is 11.1 Å². The van der Waals surface area contributed by atoms with E-state index in [1.165, 1.54) is 47.0 Å². The van der Waals surface area contributed by atoms with Crippen LogP contribution in [0.2, 0.25) is 36.3 Å². The molecule has 6 aromatic carbocycles. The molecule has 1 saturated heterocycles. The largest absolute Gasteiger partial charge is 0.490 e. The maximum atomic E-state index is 13.2. The van der Waals surface area contributed by atoms with Crippen molar-refractivity contribution in [2.24, 2.45) is 16.2 Å². The molecule has 0 saturated carbocycles. The fourth-order valence-corrected chi connectivity index (χ4v) is 14.7. The number of ether oxygens (including phenoxy) is 3. The maximum absolute atomic E-state index is 13.2. The number of esters is 3. The van der Waals surface area contributed by atoms with Crippen molar-refractivity contribution < 1.29 is 51.9 Å². The van der Waals surface area contributed by atoms with Gasteiger partial charge in [0.1, 0.15) is 32.0 Å². The van der Waals surface area contributed by atoms with Gasteiger partial charge in [-0.05, 0) is 211 Å². The number of hydrogen-bond acceptors (Lipinski definition) is 11. The van der Waals surface area contributed by atoms with E-state index < -0.39 is 40.9 Å². The van der Waals surface area contributed by atoms with Crippen LogP contribution in [0, 0.1) is 16.2 Å². The van der Waals surface area contributed by atoms with Crippen LogP contribution >= 0.6 is 15.9 Å². The fraction of sp³-hybridized carbons (Fsp3) is 0.505. The highest BCUT2D eigenvalue weighted by Gasteiger charge is 2.53. The van der Waals surface area contributed by atoms with Crippen LogP contribution in [0.15, 0.2) is 192 Å². The van der Waals surface area contributed by atoms with Crippen LogP contribution in [0.3, 0.4) is 0 Å². The van der Waals surface area contributed by atoms with Crippen LogP contribution in [0.1, 0.15) is 221 Å². The van der Waals surface area contributed by atoms with E-state index >= 15 is 0 Å². The molecule has 1 heterocycles. The van der Waals surface area contributed by atoms with Crippen molar-refractivity contribution in [1.29, 1.82) is 0 Å². The third-order valence-corrected chi connectivity index (χ3v) is 31.8. The molecular formula is C91H128BBrO11Si2. The van der Waals surface area contributed by atoms with Crippen LogP contribution in [-0.2, 0) is 85.8 Å². The van der Waals surface area contributed by atoms with Gasteiger partial charge in [0.2, 0.25) is 0 Å². The van der Waals surface area contributed by atoms with E-state index in [1.807, 2.05) is 127 Å². The number of allylic oxidation sites excluding steroid dienone is 6. The zero-order valence-electron chi connectivity index (χ0n) is 67.1. The molecule has 15 heteroatoms. The number of carbonyl (C=O) groups excluding carboxylic acids is 3. The first-order valence-corrected chi connectivity index (χ1v) is 44.6. The summed E-state index contributed by atoms with van der Waals surface area (Å²) in [5.74, 6) is -1.17. The third kappa shape index (κ3) is 27.7.